The molecule has 0 aliphatic heterocycles. The van der Waals surface area contributed by atoms with Crippen molar-refractivity contribution in [1.29, 1.82) is 5.26 Å². The topological polar surface area (TPSA) is 44.0 Å². The van der Waals surface area contributed by atoms with Crippen LogP contribution in [0.2, 0.25) is 0 Å². The SMILES string of the molecule is CC(C=CC1C(C)=CC(O)CC1(C)C)=CC#N. The number of hydrogen-bond donors (Lipinski definition) is 1. The van der Waals surface area contributed by atoms with E-state index in [4.69, 9.17) is 5.26 Å². The number of hydrogen-bond acceptors (Lipinski definition) is 2. The summed E-state index contributed by atoms with van der Waals surface area (Å²) in [5, 5.41) is 18.3. The van der Waals surface area contributed by atoms with Gasteiger partial charge in [-0.25, -0.2) is 0 Å². The maximum Gasteiger partial charge on any atom is 0.0914 e. The van der Waals surface area contributed by atoms with Crippen LogP contribution in [0, 0.1) is 22.7 Å². The summed E-state index contributed by atoms with van der Waals surface area (Å²) < 4.78 is 0. The van der Waals surface area contributed by atoms with Gasteiger partial charge in [-0.2, -0.15) is 5.26 Å². The predicted molar refractivity (Wildman–Crippen MR) is 70.2 cm³/mol. The third-order valence-electron chi connectivity index (χ3n) is 3.37. The summed E-state index contributed by atoms with van der Waals surface area (Å²) in [7, 11) is 0. The monoisotopic (exact) mass is 231 g/mol. The minimum Gasteiger partial charge on any atom is -0.389 e. The highest BCUT2D eigenvalue weighted by Crippen LogP contribution is 2.41. The fourth-order valence-electron chi connectivity index (χ4n) is 2.56. The summed E-state index contributed by atoms with van der Waals surface area (Å²) in [6, 6.07) is 2.03. The molecule has 1 N–H and O–H groups in total. The molecule has 17 heavy (non-hydrogen) atoms. The highest BCUT2D eigenvalue weighted by Gasteiger charge is 2.34. The van der Waals surface area contributed by atoms with Crippen LogP contribution in [-0.2, 0) is 0 Å². The Morgan fingerprint density at radius 2 is 2.24 bits per heavy atom. The lowest BCUT2D eigenvalue weighted by molar-refractivity contribution is 0.117. The molecule has 92 valence electrons. The summed E-state index contributed by atoms with van der Waals surface area (Å²) in [6.45, 7) is 8.32. The molecule has 0 spiro atoms. The van der Waals surface area contributed by atoms with Gasteiger partial charge in [-0.15, -0.1) is 0 Å². The van der Waals surface area contributed by atoms with E-state index < -0.39 is 0 Å². The van der Waals surface area contributed by atoms with Gasteiger partial charge < -0.3 is 5.11 Å². The van der Waals surface area contributed by atoms with Crippen molar-refractivity contribution in [3.63, 3.8) is 0 Å². The quantitative estimate of drug-likeness (QED) is 0.450. The second-order valence-corrected chi connectivity index (χ2v) is 5.52. The van der Waals surface area contributed by atoms with Crippen LogP contribution in [0.25, 0.3) is 0 Å². The average Bonchev–Trinajstić information content (AvgIpc) is 2.14. The first-order valence-corrected chi connectivity index (χ1v) is 5.98. The zero-order valence-electron chi connectivity index (χ0n) is 11.1. The molecule has 1 aliphatic rings. The minimum atomic E-state index is -0.328. The Morgan fingerprint density at radius 1 is 1.59 bits per heavy atom. The fraction of sp³-hybridized carbons (Fsp3) is 0.533. The Hall–Kier alpha value is -1.33. The van der Waals surface area contributed by atoms with Gasteiger partial charge in [-0.1, -0.05) is 37.6 Å². The number of nitrogens with zero attached hydrogens (tertiary/aromatic N) is 1. The predicted octanol–water partition coefficient (Wildman–Crippen LogP) is 3.37. The van der Waals surface area contributed by atoms with Crippen LogP contribution in [0.15, 0.2) is 35.5 Å². The molecule has 0 fully saturated rings. The lowest BCUT2D eigenvalue weighted by Crippen LogP contribution is -2.32. The van der Waals surface area contributed by atoms with Crippen LogP contribution in [0.4, 0.5) is 0 Å². The molecule has 2 nitrogen and oxygen atoms in total. The van der Waals surface area contributed by atoms with Gasteiger partial charge in [0.05, 0.1) is 12.2 Å². The number of rotatable bonds is 2. The van der Waals surface area contributed by atoms with Gasteiger partial charge in [0.2, 0.25) is 0 Å². The van der Waals surface area contributed by atoms with Crippen molar-refractivity contribution in [2.45, 2.75) is 40.2 Å². The molecule has 0 saturated heterocycles. The van der Waals surface area contributed by atoms with E-state index >= 15 is 0 Å². The van der Waals surface area contributed by atoms with Gasteiger partial charge in [-0.3, -0.25) is 0 Å². The first-order valence-electron chi connectivity index (χ1n) is 5.98. The van der Waals surface area contributed by atoms with Crippen molar-refractivity contribution in [2.24, 2.45) is 11.3 Å². The first kappa shape index (κ1) is 13.7. The smallest absolute Gasteiger partial charge is 0.0914 e. The third kappa shape index (κ3) is 3.57. The van der Waals surface area contributed by atoms with E-state index in [9.17, 15) is 5.11 Å². The summed E-state index contributed by atoms with van der Waals surface area (Å²) in [5.41, 5.74) is 2.22. The van der Waals surface area contributed by atoms with E-state index in [0.29, 0.717) is 5.92 Å². The van der Waals surface area contributed by atoms with Crippen molar-refractivity contribution >= 4 is 0 Å². The summed E-state index contributed by atoms with van der Waals surface area (Å²) in [4.78, 5) is 0. The van der Waals surface area contributed by atoms with E-state index in [-0.39, 0.29) is 11.5 Å². The van der Waals surface area contributed by atoms with Crippen LogP contribution in [0.3, 0.4) is 0 Å². The van der Waals surface area contributed by atoms with Crippen molar-refractivity contribution in [1.82, 2.24) is 0 Å². The van der Waals surface area contributed by atoms with Gasteiger partial charge in [0.15, 0.2) is 0 Å². The molecule has 2 heteroatoms. The van der Waals surface area contributed by atoms with Gasteiger partial charge >= 0.3 is 0 Å². The fourth-order valence-corrected chi connectivity index (χ4v) is 2.56. The normalized spacial score (nSPS) is 28.9. The molecular formula is C15H21NO. The number of allylic oxidation sites excluding steroid dienone is 5. The zero-order valence-corrected chi connectivity index (χ0v) is 11.1. The molecular weight excluding hydrogens is 210 g/mol. The second-order valence-electron chi connectivity index (χ2n) is 5.52. The Morgan fingerprint density at radius 3 is 2.76 bits per heavy atom. The summed E-state index contributed by atoms with van der Waals surface area (Å²) in [6.07, 6.45) is 8.06. The average molecular weight is 231 g/mol. The lowest BCUT2D eigenvalue weighted by Gasteiger charge is -2.38. The van der Waals surface area contributed by atoms with E-state index in [1.54, 1.807) is 6.08 Å². The molecule has 0 saturated carbocycles. The van der Waals surface area contributed by atoms with E-state index in [1.807, 2.05) is 25.1 Å². The Balaban J connectivity index is 2.93. The molecule has 0 radical (unpaired) electrons. The second kappa shape index (κ2) is 5.33. The molecule has 2 atom stereocenters. The first-order chi connectivity index (χ1) is 7.86. The van der Waals surface area contributed by atoms with Crippen LogP contribution in [0.5, 0.6) is 0 Å². The van der Waals surface area contributed by atoms with Crippen LogP contribution >= 0.6 is 0 Å². The molecule has 1 rings (SSSR count). The largest absolute Gasteiger partial charge is 0.389 e. The lowest BCUT2D eigenvalue weighted by atomic mass is 9.67. The Kier molecular flexibility index (Phi) is 4.31. The standard InChI is InChI=1S/C15H21NO/c1-11(7-8-16)5-6-14-12(2)9-13(17)10-15(14,3)4/h5-7,9,13-14,17H,10H2,1-4H3. The molecule has 0 aromatic carbocycles. The highest BCUT2D eigenvalue weighted by atomic mass is 16.3. The summed E-state index contributed by atoms with van der Waals surface area (Å²) >= 11 is 0. The van der Waals surface area contributed by atoms with Crippen molar-refractivity contribution in [3.05, 3.63) is 35.5 Å². The van der Waals surface area contributed by atoms with E-state index in [0.717, 1.165) is 12.0 Å². The molecule has 2 unspecified atom stereocenters. The number of aliphatic hydroxyl groups excluding tert-OH is 1. The molecule has 0 amide bonds. The van der Waals surface area contributed by atoms with Crippen LogP contribution in [0.1, 0.15) is 34.1 Å². The van der Waals surface area contributed by atoms with E-state index in [1.165, 1.54) is 5.57 Å². The molecule has 0 aromatic rings. The maximum atomic E-state index is 9.74. The van der Waals surface area contributed by atoms with Crippen molar-refractivity contribution in [3.8, 4) is 6.07 Å². The van der Waals surface area contributed by atoms with Crippen LogP contribution < -0.4 is 0 Å². The number of aliphatic hydroxyl groups is 1. The van der Waals surface area contributed by atoms with Gasteiger partial charge in [0, 0.05) is 12.0 Å². The van der Waals surface area contributed by atoms with Gasteiger partial charge in [-0.05, 0) is 31.3 Å². The highest BCUT2D eigenvalue weighted by molar-refractivity contribution is 5.27. The van der Waals surface area contributed by atoms with Gasteiger partial charge in [0.1, 0.15) is 0 Å². The van der Waals surface area contributed by atoms with Crippen molar-refractivity contribution in [2.75, 3.05) is 0 Å². The number of nitriles is 1. The molecule has 0 heterocycles. The minimum absolute atomic E-state index is 0.0572. The zero-order chi connectivity index (χ0) is 13.1. The molecule has 0 bridgehead atoms. The Labute approximate surface area is 104 Å². The summed E-state index contributed by atoms with van der Waals surface area (Å²) in [5.74, 6) is 0.327. The maximum absolute atomic E-state index is 9.74. The van der Waals surface area contributed by atoms with E-state index in [2.05, 4.69) is 26.8 Å². The third-order valence-corrected chi connectivity index (χ3v) is 3.37. The Bertz CT molecular complexity index is 407. The van der Waals surface area contributed by atoms with Crippen LogP contribution in [-0.4, -0.2) is 11.2 Å². The molecule has 1 aliphatic carbocycles. The molecule has 0 aromatic heterocycles. The van der Waals surface area contributed by atoms with Gasteiger partial charge in [0.25, 0.3) is 0 Å². The van der Waals surface area contributed by atoms with Crippen molar-refractivity contribution < 1.29 is 5.11 Å².